The highest BCUT2D eigenvalue weighted by Gasteiger charge is 2.14. The molecule has 0 aliphatic rings. The van der Waals surface area contributed by atoms with Gasteiger partial charge in [0.05, 0.1) is 7.11 Å². The maximum absolute atomic E-state index is 12.4. The Morgan fingerprint density at radius 3 is 1.96 bits per heavy atom. The van der Waals surface area contributed by atoms with Crippen molar-refractivity contribution in [1.82, 2.24) is 0 Å². The number of benzene rings is 2. The molecular weight excluding hydrogens is 394 g/mol. The van der Waals surface area contributed by atoms with E-state index >= 15 is 0 Å². The van der Waals surface area contributed by atoms with Gasteiger partial charge in [-0.2, -0.15) is 4.57 Å². The number of nitrogens with zero attached hydrogens (tertiary/aromatic N) is 1. The number of methoxy groups -OCH3 is 1. The zero-order valence-corrected chi connectivity index (χ0v) is 15.8. The van der Waals surface area contributed by atoms with Gasteiger partial charge in [0.15, 0.2) is 18.2 Å². The zero-order valence-electron chi connectivity index (χ0n) is 14.3. The Morgan fingerprint density at radius 1 is 0.808 bits per heavy atom. The van der Waals surface area contributed by atoms with Crippen LogP contribution < -0.4 is 26.3 Å². The molecule has 0 bridgehead atoms. The molecule has 0 N–H and O–H groups in total. The molecular formula is C21H18BrNO3. The number of ketones is 2. The molecule has 0 spiro atoms. The normalized spacial score (nSPS) is 9.88. The smallest absolute Gasteiger partial charge is 0.227 e. The first-order valence-corrected chi connectivity index (χ1v) is 7.93. The number of carbonyl (C=O) groups is 2. The van der Waals surface area contributed by atoms with E-state index in [1.54, 1.807) is 72.6 Å². The molecule has 1 heterocycles. The zero-order chi connectivity index (χ0) is 17.6. The number of ether oxygens (including phenoxy) is 1. The Morgan fingerprint density at radius 2 is 1.38 bits per heavy atom. The maximum atomic E-state index is 12.4. The molecule has 0 saturated heterocycles. The number of pyridine rings is 1. The fourth-order valence-electron chi connectivity index (χ4n) is 2.50. The van der Waals surface area contributed by atoms with Crippen molar-refractivity contribution in [1.29, 1.82) is 0 Å². The fraction of sp³-hybridized carbons (Fsp3) is 0.0952. The molecule has 0 aliphatic carbocycles. The molecule has 0 aliphatic heterocycles. The Labute approximate surface area is 162 Å². The Bertz CT molecular complexity index is 875. The van der Waals surface area contributed by atoms with Gasteiger partial charge in [-0.15, -0.1) is 0 Å². The van der Waals surface area contributed by atoms with Crippen molar-refractivity contribution in [2.45, 2.75) is 6.54 Å². The van der Waals surface area contributed by atoms with E-state index in [9.17, 15) is 9.59 Å². The summed E-state index contributed by atoms with van der Waals surface area (Å²) in [5, 5.41) is 0. The van der Waals surface area contributed by atoms with Crippen LogP contribution in [0.25, 0.3) is 0 Å². The molecule has 0 radical (unpaired) electrons. The number of carbonyl (C=O) groups excluding carboxylic acids is 2. The van der Waals surface area contributed by atoms with Crippen LogP contribution in [0.4, 0.5) is 0 Å². The standard InChI is InChI=1S/C21H18NO3.BrH/c1-25-19-9-7-16(8-10-19)20(23)15-22-13-11-18(12-14-22)21(24)17-5-3-2-4-6-17;/h2-14H,15H2,1H3;1H/q+1;/p-1. The predicted octanol–water partition coefficient (Wildman–Crippen LogP) is 0.101. The summed E-state index contributed by atoms with van der Waals surface area (Å²) in [6.45, 7) is 0.214. The van der Waals surface area contributed by atoms with Gasteiger partial charge < -0.3 is 21.7 Å². The lowest BCUT2D eigenvalue weighted by Gasteiger charge is -2.02. The Hall–Kier alpha value is -2.79. The monoisotopic (exact) mass is 411 g/mol. The van der Waals surface area contributed by atoms with E-state index in [1.165, 1.54) is 0 Å². The van der Waals surface area contributed by atoms with Crippen LogP contribution in [0.2, 0.25) is 0 Å². The second kappa shape index (κ2) is 9.06. The molecule has 1 aromatic heterocycles. The molecule has 0 fully saturated rings. The van der Waals surface area contributed by atoms with Crippen LogP contribution in [-0.4, -0.2) is 18.7 Å². The molecule has 132 valence electrons. The molecule has 4 nitrogen and oxygen atoms in total. The van der Waals surface area contributed by atoms with E-state index in [4.69, 9.17) is 4.74 Å². The van der Waals surface area contributed by atoms with Gasteiger partial charge in [-0.1, -0.05) is 30.3 Å². The molecule has 5 heteroatoms. The largest absolute Gasteiger partial charge is 1.00 e. The lowest BCUT2D eigenvalue weighted by atomic mass is 10.0. The first-order chi connectivity index (χ1) is 12.2. The highest BCUT2D eigenvalue weighted by atomic mass is 79.9. The summed E-state index contributed by atoms with van der Waals surface area (Å²) in [4.78, 5) is 24.7. The van der Waals surface area contributed by atoms with Gasteiger partial charge in [-0.3, -0.25) is 9.59 Å². The number of hydrogen-bond donors (Lipinski definition) is 0. The van der Waals surface area contributed by atoms with E-state index < -0.39 is 0 Å². The van der Waals surface area contributed by atoms with E-state index in [2.05, 4.69) is 0 Å². The highest BCUT2D eigenvalue weighted by Crippen LogP contribution is 2.12. The van der Waals surface area contributed by atoms with Crippen molar-refractivity contribution in [3.05, 3.63) is 95.8 Å². The second-order valence-electron chi connectivity index (χ2n) is 5.61. The van der Waals surface area contributed by atoms with Crippen LogP contribution in [-0.2, 0) is 6.54 Å². The van der Waals surface area contributed by atoms with Crippen molar-refractivity contribution in [2.75, 3.05) is 7.11 Å². The summed E-state index contributed by atoms with van der Waals surface area (Å²) < 4.78 is 6.85. The Balaban J connectivity index is 0.00000243. The van der Waals surface area contributed by atoms with Gasteiger partial charge in [0.1, 0.15) is 5.75 Å². The molecule has 3 aromatic rings. The molecule has 0 atom stereocenters. The van der Waals surface area contributed by atoms with E-state index in [0.29, 0.717) is 22.4 Å². The predicted molar refractivity (Wildman–Crippen MR) is 93.8 cm³/mol. The summed E-state index contributed by atoms with van der Waals surface area (Å²) in [6, 6.07) is 19.6. The Kier molecular flexibility index (Phi) is 6.81. The van der Waals surface area contributed by atoms with Crippen molar-refractivity contribution < 1.29 is 35.9 Å². The third-order valence-corrected chi connectivity index (χ3v) is 3.93. The van der Waals surface area contributed by atoms with Crippen LogP contribution in [0.1, 0.15) is 26.3 Å². The van der Waals surface area contributed by atoms with Gasteiger partial charge in [0.2, 0.25) is 12.3 Å². The summed E-state index contributed by atoms with van der Waals surface area (Å²) >= 11 is 0. The second-order valence-corrected chi connectivity index (χ2v) is 5.61. The first kappa shape index (κ1) is 19.5. The van der Waals surface area contributed by atoms with E-state index in [0.717, 1.165) is 0 Å². The number of halogens is 1. The third kappa shape index (κ3) is 4.64. The van der Waals surface area contributed by atoms with Gasteiger partial charge >= 0.3 is 0 Å². The average Bonchev–Trinajstić information content (AvgIpc) is 2.68. The highest BCUT2D eigenvalue weighted by molar-refractivity contribution is 6.08. The quantitative estimate of drug-likeness (QED) is 0.427. The number of rotatable bonds is 6. The number of Topliss-reactive ketones (excluding diaryl/α,β-unsaturated/α-hetero) is 1. The van der Waals surface area contributed by atoms with Gasteiger partial charge in [0, 0.05) is 28.8 Å². The lowest BCUT2D eigenvalue weighted by Crippen LogP contribution is -3.00. The summed E-state index contributed by atoms with van der Waals surface area (Å²) in [5.41, 5.74) is 1.87. The van der Waals surface area contributed by atoms with Crippen LogP contribution in [0.15, 0.2) is 79.1 Å². The SMILES string of the molecule is COc1ccc(C(=O)C[n+]2ccc(C(=O)c3ccccc3)cc2)cc1.[Br-]. The lowest BCUT2D eigenvalue weighted by molar-refractivity contribution is -0.683. The van der Waals surface area contributed by atoms with Gasteiger partial charge in [-0.05, 0) is 24.3 Å². The van der Waals surface area contributed by atoms with E-state index in [1.807, 2.05) is 18.2 Å². The molecule has 0 unspecified atom stereocenters. The minimum atomic E-state index is -0.0331. The van der Waals surface area contributed by atoms with Crippen LogP contribution in [0.5, 0.6) is 5.75 Å². The van der Waals surface area contributed by atoms with Crippen molar-refractivity contribution in [2.24, 2.45) is 0 Å². The van der Waals surface area contributed by atoms with E-state index in [-0.39, 0.29) is 35.1 Å². The number of hydrogen-bond acceptors (Lipinski definition) is 3. The average molecular weight is 412 g/mol. The molecule has 0 amide bonds. The van der Waals surface area contributed by atoms with Crippen LogP contribution >= 0.6 is 0 Å². The molecule has 3 rings (SSSR count). The summed E-state index contributed by atoms with van der Waals surface area (Å²) in [7, 11) is 1.59. The van der Waals surface area contributed by atoms with Gasteiger partial charge in [-0.25, -0.2) is 0 Å². The van der Waals surface area contributed by atoms with Crippen molar-refractivity contribution in [3.8, 4) is 5.75 Å². The fourth-order valence-corrected chi connectivity index (χ4v) is 2.50. The van der Waals surface area contributed by atoms with Crippen molar-refractivity contribution in [3.63, 3.8) is 0 Å². The maximum Gasteiger partial charge on any atom is 0.227 e. The summed E-state index contributed by atoms with van der Waals surface area (Å²) in [6.07, 6.45) is 3.50. The minimum absolute atomic E-state index is 0. The van der Waals surface area contributed by atoms with Crippen molar-refractivity contribution >= 4 is 11.6 Å². The molecule has 26 heavy (non-hydrogen) atoms. The molecule has 0 saturated carbocycles. The number of aromatic nitrogens is 1. The summed E-state index contributed by atoms with van der Waals surface area (Å²) in [5.74, 6) is 0.678. The topological polar surface area (TPSA) is 47.2 Å². The van der Waals surface area contributed by atoms with Crippen LogP contribution in [0, 0.1) is 0 Å². The van der Waals surface area contributed by atoms with Crippen LogP contribution in [0.3, 0.4) is 0 Å². The minimum Gasteiger partial charge on any atom is -1.00 e. The van der Waals surface area contributed by atoms with Gasteiger partial charge in [0.25, 0.3) is 0 Å². The molecule has 2 aromatic carbocycles. The first-order valence-electron chi connectivity index (χ1n) is 7.93. The third-order valence-electron chi connectivity index (χ3n) is 3.93.